The summed E-state index contributed by atoms with van der Waals surface area (Å²) in [6, 6.07) is 47.7. The highest BCUT2D eigenvalue weighted by Gasteiger charge is 2.25. The van der Waals surface area contributed by atoms with Gasteiger partial charge in [-0.15, -0.1) is 0 Å². The molecule has 8 rings (SSSR count). The first kappa shape index (κ1) is 33.1. The molecule has 0 aliphatic carbocycles. The summed E-state index contributed by atoms with van der Waals surface area (Å²) in [4.78, 5) is 14.8. The van der Waals surface area contributed by atoms with Crippen LogP contribution in [0.1, 0.15) is 17.5 Å². The van der Waals surface area contributed by atoms with Crippen molar-refractivity contribution in [2.45, 2.75) is 19.4 Å². The van der Waals surface area contributed by atoms with Gasteiger partial charge in [0.2, 0.25) is 5.88 Å². The molecular weight excluding hydrogens is 649 g/mol. The third-order valence-electron chi connectivity index (χ3n) is 9.82. The summed E-state index contributed by atoms with van der Waals surface area (Å²) < 4.78 is 19.8. The van der Waals surface area contributed by atoms with E-state index in [1.807, 2.05) is 42.5 Å². The normalized spacial score (nSPS) is 13.0. The molecule has 1 aromatic heterocycles. The lowest BCUT2D eigenvalue weighted by Gasteiger charge is -2.31. The Hall–Kier alpha value is -6.05. The number of ether oxygens (including phenoxy) is 3. The van der Waals surface area contributed by atoms with E-state index in [0.717, 1.165) is 79.6 Å². The maximum atomic E-state index is 12.4. The third-order valence-corrected chi connectivity index (χ3v) is 9.82. The lowest BCUT2D eigenvalue weighted by atomic mass is 9.98. The van der Waals surface area contributed by atoms with Crippen LogP contribution in [0.2, 0.25) is 0 Å². The van der Waals surface area contributed by atoms with Gasteiger partial charge in [-0.2, -0.15) is 0 Å². The van der Waals surface area contributed by atoms with Crippen molar-refractivity contribution in [3.8, 4) is 33.9 Å². The maximum Gasteiger partial charge on any atom is 0.512 e. The van der Waals surface area contributed by atoms with Crippen molar-refractivity contribution in [1.82, 2.24) is 4.57 Å². The predicted octanol–water partition coefficient (Wildman–Crippen LogP) is 10.1. The zero-order chi connectivity index (χ0) is 35.3. The number of aromatic nitrogens is 1. The Labute approximate surface area is 303 Å². The SMILES string of the molecule is O=C(O)Oc1c(CCCOc2cccc3ccccc23)c2cccc(-c3ccccc3N3CCOCC3)c2n1Cc1cccc(-c2ccccc2)c1. The second kappa shape index (κ2) is 15.1. The molecule has 7 heteroatoms. The standard InChI is InChI=1S/C45H40N2O5/c48-45(49)52-44-40(22-11-27-51-42-24-9-16-34-15-4-5-18-36(34)42)39-21-10-20-38(37-19-6-7-23-41(37)46-25-28-50-29-26-46)43(39)47(44)31-32-12-8-17-35(30-32)33-13-2-1-3-14-33/h1-10,12-21,23-24,30H,11,22,25-29,31H2,(H,48,49). The van der Waals surface area contributed by atoms with E-state index < -0.39 is 6.16 Å². The van der Waals surface area contributed by atoms with Crippen LogP contribution in [0.4, 0.5) is 10.5 Å². The second-order valence-corrected chi connectivity index (χ2v) is 13.1. The van der Waals surface area contributed by atoms with Gasteiger partial charge in [0.05, 0.1) is 31.9 Å². The van der Waals surface area contributed by atoms with Crippen molar-refractivity contribution in [3.05, 3.63) is 151 Å². The smallest absolute Gasteiger partial charge is 0.493 e. The lowest BCUT2D eigenvalue weighted by Crippen LogP contribution is -2.36. The van der Waals surface area contributed by atoms with E-state index in [9.17, 15) is 9.90 Å². The zero-order valence-corrected chi connectivity index (χ0v) is 28.9. The fourth-order valence-electron chi connectivity index (χ4n) is 7.46. The summed E-state index contributed by atoms with van der Waals surface area (Å²) in [7, 11) is 0. The van der Waals surface area contributed by atoms with Crippen molar-refractivity contribution >= 4 is 33.5 Å². The predicted molar refractivity (Wildman–Crippen MR) is 208 cm³/mol. The summed E-state index contributed by atoms with van der Waals surface area (Å²) in [5.41, 5.74) is 8.28. The van der Waals surface area contributed by atoms with Crippen molar-refractivity contribution in [2.24, 2.45) is 0 Å². The number of rotatable bonds is 11. The van der Waals surface area contributed by atoms with Crippen molar-refractivity contribution < 1.29 is 24.1 Å². The summed E-state index contributed by atoms with van der Waals surface area (Å²) in [6.07, 6.45) is -0.114. The van der Waals surface area contributed by atoms with E-state index in [-0.39, 0.29) is 0 Å². The Kier molecular flexibility index (Phi) is 9.59. The van der Waals surface area contributed by atoms with E-state index in [2.05, 4.69) is 107 Å². The number of anilines is 1. The van der Waals surface area contributed by atoms with Gasteiger partial charge in [0.15, 0.2) is 0 Å². The molecule has 52 heavy (non-hydrogen) atoms. The molecule has 1 saturated heterocycles. The van der Waals surface area contributed by atoms with E-state index in [4.69, 9.17) is 14.2 Å². The molecule has 0 bridgehead atoms. The second-order valence-electron chi connectivity index (χ2n) is 13.1. The summed E-state index contributed by atoms with van der Waals surface area (Å²) >= 11 is 0. The van der Waals surface area contributed by atoms with Gasteiger partial charge in [0.1, 0.15) is 5.75 Å². The lowest BCUT2D eigenvalue weighted by molar-refractivity contribution is 0.123. The minimum Gasteiger partial charge on any atom is -0.493 e. The van der Waals surface area contributed by atoms with Crippen LogP contribution in [0.15, 0.2) is 140 Å². The van der Waals surface area contributed by atoms with Gasteiger partial charge in [-0.1, -0.05) is 121 Å². The van der Waals surface area contributed by atoms with E-state index >= 15 is 0 Å². The highest BCUT2D eigenvalue weighted by molar-refractivity contribution is 6.01. The van der Waals surface area contributed by atoms with Gasteiger partial charge < -0.3 is 28.8 Å². The molecule has 260 valence electrons. The zero-order valence-electron chi connectivity index (χ0n) is 28.9. The summed E-state index contributed by atoms with van der Waals surface area (Å²) in [6.45, 7) is 3.84. The quantitative estimate of drug-likeness (QED) is 0.108. The molecule has 2 heterocycles. The van der Waals surface area contributed by atoms with Gasteiger partial charge in [-0.25, -0.2) is 4.79 Å². The first-order valence-electron chi connectivity index (χ1n) is 17.9. The van der Waals surface area contributed by atoms with Crippen LogP contribution in [-0.4, -0.2) is 48.7 Å². The Morgan fingerprint density at radius 3 is 2.27 bits per heavy atom. The molecule has 0 spiro atoms. The Bertz CT molecular complexity index is 2340. The Morgan fingerprint density at radius 1 is 0.712 bits per heavy atom. The minimum atomic E-state index is -1.34. The van der Waals surface area contributed by atoms with Gasteiger partial charge in [0.25, 0.3) is 0 Å². The van der Waals surface area contributed by atoms with Crippen LogP contribution >= 0.6 is 0 Å². The van der Waals surface area contributed by atoms with E-state index in [0.29, 0.717) is 45.1 Å². The van der Waals surface area contributed by atoms with Crippen LogP contribution in [0, 0.1) is 0 Å². The molecule has 0 saturated carbocycles. The molecular formula is C45H40N2O5. The molecule has 1 aliphatic heterocycles. The number of aryl methyl sites for hydroxylation is 1. The number of carbonyl (C=O) groups is 1. The highest BCUT2D eigenvalue weighted by Crippen LogP contribution is 2.42. The number of fused-ring (bicyclic) bond motifs is 2. The molecule has 0 unspecified atom stereocenters. The van der Waals surface area contributed by atoms with Gasteiger partial charge in [0, 0.05) is 46.2 Å². The van der Waals surface area contributed by atoms with E-state index in [1.54, 1.807) is 0 Å². The molecule has 0 amide bonds. The Balaban J connectivity index is 1.23. The average molecular weight is 689 g/mol. The van der Waals surface area contributed by atoms with Crippen molar-refractivity contribution in [3.63, 3.8) is 0 Å². The van der Waals surface area contributed by atoms with Crippen LogP contribution in [-0.2, 0) is 17.7 Å². The number of carboxylic acid groups (broad SMARTS) is 1. The molecule has 1 N–H and O–H groups in total. The topological polar surface area (TPSA) is 73.2 Å². The number of hydrogen-bond donors (Lipinski definition) is 1. The minimum absolute atomic E-state index is 0.342. The summed E-state index contributed by atoms with van der Waals surface area (Å²) in [5, 5.41) is 13.3. The van der Waals surface area contributed by atoms with Crippen LogP contribution in [0.5, 0.6) is 11.6 Å². The summed E-state index contributed by atoms with van der Waals surface area (Å²) in [5.74, 6) is 1.18. The molecule has 1 aliphatic rings. The number of para-hydroxylation sites is 2. The molecule has 1 fully saturated rings. The van der Waals surface area contributed by atoms with Crippen molar-refractivity contribution in [1.29, 1.82) is 0 Å². The molecule has 0 radical (unpaired) electrons. The monoisotopic (exact) mass is 688 g/mol. The number of morpholine rings is 1. The molecule has 6 aromatic carbocycles. The molecule has 7 aromatic rings. The highest BCUT2D eigenvalue weighted by atomic mass is 16.7. The Morgan fingerprint density at radius 2 is 1.40 bits per heavy atom. The third kappa shape index (κ3) is 6.83. The fraction of sp³-hybridized carbons (Fsp3) is 0.178. The number of hydrogen-bond acceptors (Lipinski definition) is 5. The van der Waals surface area contributed by atoms with Gasteiger partial charge in [-0.05, 0) is 53.1 Å². The van der Waals surface area contributed by atoms with Crippen LogP contribution < -0.4 is 14.4 Å². The van der Waals surface area contributed by atoms with Gasteiger partial charge >= 0.3 is 6.16 Å². The largest absolute Gasteiger partial charge is 0.512 e. The van der Waals surface area contributed by atoms with Gasteiger partial charge in [-0.3, -0.25) is 0 Å². The maximum absolute atomic E-state index is 12.4. The first-order chi connectivity index (χ1) is 25.6. The van der Waals surface area contributed by atoms with Crippen LogP contribution in [0.3, 0.4) is 0 Å². The van der Waals surface area contributed by atoms with E-state index in [1.165, 1.54) is 0 Å². The fourth-order valence-corrected chi connectivity index (χ4v) is 7.46. The van der Waals surface area contributed by atoms with Crippen molar-refractivity contribution in [2.75, 3.05) is 37.8 Å². The van der Waals surface area contributed by atoms with Crippen LogP contribution in [0.25, 0.3) is 43.9 Å². The molecule has 7 nitrogen and oxygen atoms in total. The number of nitrogens with zero attached hydrogens (tertiary/aromatic N) is 2. The molecule has 0 atom stereocenters. The average Bonchev–Trinajstić information content (AvgIpc) is 3.48. The first-order valence-corrected chi connectivity index (χ1v) is 17.9. The number of benzene rings is 6.